The molecule has 0 heterocycles. The van der Waals surface area contributed by atoms with Crippen molar-refractivity contribution in [2.75, 3.05) is 11.1 Å². The number of hydrogen-bond acceptors (Lipinski definition) is 1. The molecule has 0 N–H and O–H groups in total. The normalized spacial score (nSPS) is 13.8. The van der Waals surface area contributed by atoms with Gasteiger partial charge in [0.05, 0.1) is 0 Å². The average molecular weight is 366 g/mol. The minimum absolute atomic E-state index is 0.359. The van der Waals surface area contributed by atoms with Gasteiger partial charge in [0.25, 0.3) is 0 Å². The van der Waals surface area contributed by atoms with Gasteiger partial charge in [-0.25, -0.2) is 0 Å². The van der Waals surface area contributed by atoms with Crippen molar-refractivity contribution in [3.05, 3.63) is 28.7 Å². The van der Waals surface area contributed by atoms with Crippen molar-refractivity contribution in [2.45, 2.75) is 25.7 Å². The lowest BCUT2D eigenvalue weighted by Crippen LogP contribution is -2.23. The average Bonchev–Trinajstić information content (AvgIpc) is 2.19. The highest BCUT2D eigenvalue weighted by molar-refractivity contribution is 9.10. The first-order valence-corrected chi connectivity index (χ1v) is 8.28. The van der Waals surface area contributed by atoms with Crippen molar-refractivity contribution < 1.29 is 0 Å². The highest BCUT2D eigenvalue weighted by Gasteiger charge is 2.23. The molecule has 0 aliphatic heterocycles. The molecule has 0 aliphatic carbocycles. The van der Waals surface area contributed by atoms with E-state index < -0.39 is 0 Å². The van der Waals surface area contributed by atoms with Gasteiger partial charge in [-0.05, 0) is 39.4 Å². The van der Waals surface area contributed by atoms with Gasteiger partial charge in [0, 0.05) is 20.5 Å². The number of alkyl halides is 1. The van der Waals surface area contributed by atoms with Crippen LogP contribution in [0.15, 0.2) is 33.6 Å². The first-order chi connectivity index (χ1) is 7.45. The van der Waals surface area contributed by atoms with Crippen LogP contribution in [0.5, 0.6) is 0 Å². The number of rotatable bonds is 4. The summed E-state index contributed by atoms with van der Waals surface area (Å²) in [5.41, 5.74) is 0.359. The van der Waals surface area contributed by atoms with E-state index in [2.05, 4.69) is 76.9 Å². The molecule has 0 saturated heterocycles. The van der Waals surface area contributed by atoms with Crippen molar-refractivity contribution in [1.82, 2.24) is 0 Å². The standard InChI is InChI=1S/C13H18Br2S/c1-13(2,3)10(8-14)9-16-12-7-5-4-6-11(12)15/h4-7,10H,8-9H2,1-3H3. The molecule has 90 valence electrons. The first-order valence-electron chi connectivity index (χ1n) is 5.38. The summed E-state index contributed by atoms with van der Waals surface area (Å²) in [7, 11) is 0. The third-order valence-electron chi connectivity index (χ3n) is 2.69. The van der Waals surface area contributed by atoms with Crippen LogP contribution in [0, 0.1) is 11.3 Å². The molecule has 0 aromatic heterocycles. The lowest BCUT2D eigenvalue weighted by atomic mass is 9.83. The van der Waals surface area contributed by atoms with Crippen LogP contribution in [0.2, 0.25) is 0 Å². The Morgan fingerprint density at radius 2 is 1.88 bits per heavy atom. The van der Waals surface area contributed by atoms with E-state index in [1.807, 2.05) is 11.8 Å². The van der Waals surface area contributed by atoms with Crippen LogP contribution >= 0.6 is 43.6 Å². The molecule has 0 bridgehead atoms. The second-order valence-electron chi connectivity index (χ2n) is 4.96. The van der Waals surface area contributed by atoms with Crippen molar-refractivity contribution in [1.29, 1.82) is 0 Å². The van der Waals surface area contributed by atoms with E-state index in [0.29, 0.717) is 11.3 Å². The number of hydrogen-bond donors (Lipinski definition) is 0. The molecule has 0 saturated carbocycles. The van der Waals surface area contributed by atoms with Crippen LogP contribution in [-0.2, 0) is 0 Å². The first kappa shape index (κ1) is 14.6. The molecule has 1 unspecified atom stereocenters. The smallest absolute Gasteiger partial charge is 0.0311 e. The van der Waals surface area contributed by atoms with Gasteiger partial charge in [0.2, 0.25) is 0 Å². The fourth-order valence-electron chi connectivity index (χ4n) is 1.28. The molecule has 1 rings (SSSR count). The Bertz CT molecular complexity index is 331. The molecule has 0 radical (unpaired) electrons. The van der Waals surface area contributed by atoms with Gasteiger partial charge in [-0.15, -0.1) is 11.8 Å². The van der Waals surface area contributed by atoms with Crippen molar-refractivity contribution in [3.8, 4) is 0 Å². The minimum Gasteiger partial charge on any atom is -0.125 e. The topological polar surface area (TPSA) is 0 Å². The van der Waals surface area contributed by atoms with Crippen molar-refractivity contribution in [3.63, 3.8) is 0 Å². The van der Waals surface area contributed by atoms with Crippen LogP contribution in [0.4, 0.5) is 0 Å². The van der Waals surface area contributed by atoms with E-state index in [0.717, 1.165) is 11.1 Å². The molecule has 1 aromatic carbocycles. The third-order valence-corrected chi connectivity index (χ3v) is 5.66. The van der Waals surface area contributed by atoms with Gasteiger partial charge in [-0.1, -0.05) is 48.8 Å². The summed E-state index contributed by atoms with van der Waals surface area (Å²) in [4.78, 5) is 1.33. The maximum absolute atomic E-state index is 3.62. The maximum atomic E-state index is 3.62. The molecule has 0 amide bonds. The molecule has 1 atom stereocenters. The molecular weight excluding hydrogens is 348 g/mol. The van der Waals surface area contributed by atoms with Gasteiger partial charge >= 0.3 is 0 Å². The zero-order valence-electron chi connectivity index (χ0n) is 9.97. The van der Waals surface area contributed by atoms with Crippen LogP contribution in [-0.4, -0.2) is 11.1 Å². The highest BCUT2D eigenvalue weighted by atomic mass is 79.9. The van der Waals surface area contributed by atoms with E-state index in [4.69, 9.17) is 0 Å². The molecule has 0 fully saturated rings. The predicted molar refractivity (Wildman–Crippen MR) is 81.6 cm³/mol. The minimum atomic E-state index is 0.359. The number of halogens is 2. The summed E-state index contributed by atoms with van der Waals surface area (Å²) in [6, 6.07) is 8.42. The fourth-order valence-corrected chi connectivity index (χ4v) is 4.79. The SMILES string of the molecule is CC(C)(C)C(CBr)CSc1ccccc1Br. The van der Waals surface area contributed by atoms with Gasteiger partial charge in [-0.2, -0.15) is 0 Å². The summed E-state index contributed by atoms with van der Waals surface area (Å²) >= 11 is 9.13. The van der Waals surface area contributed by atoms with Crippen LogP contribution in [0.1, 0.15) is 20.8 Å². The Morgan fingerprint density at radius 1 is 1.25 bits per heavy atom. The number of thioether (sulfide) groups is 1. The largest absolute Gasteiger partial charge is 0.125 e. The van der Waals surface area contributed by atoms with Crippen molar-refractivity contribution in [2.24, 2.45) is 11.3 Å². The van der Waals surface area contributed by atoms with Gasteiger partial charge in [0.15, 0.2) is 0 Å². The lowest BCUT2D eigenvalue weighted by Gasteiger charge is -2.28. The van der Waals surface area contributed by atoms with Gasteiger partial charge in [0.1, 0.15) is 0 Å². The van der Waals surface area contributed by atoms with E-state index in [9.17, 15) is 0 Å². The summed E-state index contributed by atoms with van der Waals surface area (Å²) in [6.45, 7) is 6.92. The van der Waals surface area contributed by atoms with Crippen LogP contribution < -0.4 is 0 Å². The molecule has 0 nitrogen and oxygen atoms in total. The third kappa shape index (κ3) is 4.42. The van der Waals surface area contributed by atoms with E-state index >= 15 is 0 Å². The molecular formula is C13H18Br2S. The Hall–Kier alpha value is 0.530. The zero-order chi connectivity index (χ0) is 12.2. The van der Waals surface area contributed by atoms with E-state index in [1.165, 1.54) is 9.37 Å². The Labute approximate surface area is 120 Å². The predicted octanol–water partition coefficient (Wildman–Crippen LogP) is 5.60. The van der Waals surface area contributed by atoms with Crippen molar-refractivity contribution >= 4 is 43.6 Å². The molecule has 1 aromatic rings. The maximum Gasteiger partial charge on any atom is 0.0311 e. The van der Waals surface area contributed by atoms with Crippen LogP contribution in [0.25, 0.3) is 0 Å². The second kappa shape index (κ2) is 6.46. The molecule has 0 spiro atoms. The summed E-state index contributed by atoms with van der Waals surface area (Å²) in [5.74, 6) is 1.83. The Kier molecular flexibility index (Phi) is 5.89. The van der Waals surface area contributed by atoms with Gasteiger partial charge in [-0.3, -0.25) is 0 Å². The molecule has 0 aliphatic rings. The molecule has 16 heavy (non-hydrogen) atoms. The van der Waals surface area contributed by atoms with E-state index in [-0.39, 0.29) is 0 Å². The zero-order valence-corrected chi connectivity index (χ0v) is 14.0. The van der Waals surface area contributed by atoms with Gasteiger partial charge < -0.3 is 0 Å². The Balaban J connectivity index is 2.60. The van der Waals surface area contributed by atoms with E-state index in [1.54, 1.807) is 0 Å². The molecule has 3 heteroatoms. The Morgan fingerprint density at radius 3 is 2.38 bits per heavy atom. The summed E-state index contributed by atoms with van der Waals surface area (Å²) in [6.07, 6.45) is 0. The lowest BCUT2D eigenvalue weighted by molar-refractivity contribution is 0.295. The fraction of sp³-hybridized carbons (Fsp3) is 0.538. The summed E-state index contributed by atoms with van der Waals surface area (Å²) < 4.78 is 1.20. The second-order valence-corrected chi connectivity index (χ2v) is 7.52. The van der Waals surface area contributed by atoms with Crippen LogP contribution in [0.3, 0.4) is 0 Å². The monoisotopic (exact) mass is 364 g/mol. The highest BCUT2D eigenvalue weighted by Crippen LogP contribution is 2.35. The summed E-state index contributed by atoms with van der Waals surface area (Å²) in [5, 5.41) is 1.06. The number of benzene rings is 1. The quantitative estimate of drug-likeness (QED) is 0.494.